The molecule has 1 atom stereocenters. The molecule has 154 valence electrons. The van der Waals surface area contributed by atoms with Crippen LogP contribution < -0.4 is 10.1 Å². The number of nitrogens with one attached hydrogen (secondary N) is 1. The van der Waals surface area contributed by atoms with Crippen LogP contribution in [0.1, 0.15) is 42.6 Å². The van der Waals surface area contributed by atoms with E-state index >= 15 is 0 Å². The third-order valence-electron chi connectivity index (χ3n) is 4.34. The van der Waals surface area contributed by atoms with Crippen molar-refractivity contribution in [3.8, 4) is 11.6 Å². The molecule has 0 aliphatic carbocycles. The van der Waals surface area contributed by atoms with Crippen LogP contribution in [-0.2, 0) is 9.53 Å². The summed E-state index contributed by atoms with van der Waals surface area (Å²) in [6.45, 7) is 5.70. The van der Waals surface area contributed by atoms with Gasteiger partial charge in [-0.2, -0.15) is 0 Å². The number of aromatic nitrogens is 2. The monoisotopic (exact) mass is 405 g/mol. The summed E-state index contributed by atoms with van der Waals surface area (Å²) in [5, 5.41) is 2.75. The maximum atomic E-state index is 12.6. The van der Waals surface area contributed by atoms with Crippen molar-refractivity contribution in [2.75, 3.05) is 5.32 Å². The average Bonchev–Trinajstić information content (AvgIpc) is 2.75. The highest BCUT2D eigenvalue weighted by Gasteiger charge is 2.22. The maximum Gasteiger partial charge on any atom is 0.344 e. The Labute approximate surface area is 175 Å². The molecule has 1 aromatic carbocycles. The lowest BCUT2D eigenvalue weighted by Crippen LogP contribution is -2.30. The first kappa shape index (κ1) is 21.0. The molecule has 2 aromatic heterocycles. The van der Waals surface area contributed by atoms with Crippen LogP contribution in [0.5, 0.6) is 11.6 Å². The van der Waals surface area contributed by atoms with Gasteiger partial charge in [0.15, 0.2) is 6.10 Å². The van der Waals surface area contributed by atoms with Crippen molar-refractivity contribution in [2.24, 2.45) is 0 Å². The van der Waals surface area contributed by atoms with E-state index in [1.54, 1.807) is 24.4 Å². The second-order valence-electron chi connectivity index (χ2n) is 6.96. The van der Waals surface area contributed by atoms with E-state index in [2.05, 4.69) is 29.1 Å². The molecule has 7 heteroatoms. The summed E-state index contributed by atoms with van der Waals surface area (Å²) in [5.41, 5.74) is 1.92. The lowest BCUT2D eigenvalue weighted by Gasteiger charge is -2.15. The molecule has 1 unspecified atom stereocenters. The normalized spacial score (nSPS) is 11.6. The molecular weight excluding hydrogens is 382 g/mol. The Kier molecular flexibility index (Phi) is 6.75. The van der Waals surface area contributed by atoms with E-state index in [1.807, 2.05) is 24.3 Å². The lowest BCUT2D eigenvalue weighted by atomic mass is 10.0. The molecule has 1 N–H and O–H groups in total. The minimum absolute atomic E-state index is 0.0763. The maximum absolute atomic E-state index is 12.6. The van der Waals surface area contributed by atoms with Crippen LogP contribution in [0, 0.1) is 0 Å². The Hall–Kier alpha value is -3.74. The minimum atomic E-state index is -1.01. The topological polar surface area (TPSA) is 90.4 Å². The Bertz CT molecular complexity index is 1000. The number of pyridine rings is 2. The number of rotatable bonds is 7. The summed E-state index contributed by atoms with van der Waals surface area (Å²) < 4.78 is 10.9. The fraction of sp³-hybridized carbons (Fsp3) is 0.217. The second kappa shape index (κ2) is 9.65. The predicted octanol–water partition coefficient (Wildman–Crippen LogP) is 4.58. The van der Waals surface area contributed by atoms with E-state index in [-0.39, 0.29) is 11.4 Å². The lowest BCUT2D eigenvalue weighted by molar-refractivity contribution is -0.123. The molecule has 3 aromatic rings. The number of ether oxygens (including phenoxy) is 2. The van der Waals surface area contributed by atoms with E-state index < -0.39 is 18.0 Å². The van der Waals surface area contributed by atoms with E-state index in [1.165, 1.54) is 30.9 Å². The molecule has 0 aliphatic heterocycles. The van der Waals surface area contributed by atoms with Crippen molar-refractivity contribution >= 4 is 17.6 Å². The van der Waals surface area contributed by atoms with Crippen LogP contribution in [0.3, 0.4) is 0 Å². The number of nitrogens with zero attached hydrogens (tertiary/aromatic N) is 2. The molecule has 0 fully saturated rings. The van der Waals surface area contributed by atoms with Gasteiger partial charge in [0.1, 0.15) is 11.3 Å². The standard InChI is InChI=1S/C23H23N3O4/c1-15(2)17-8-10-18(11-9-17)26-21(27)16(3)29-23(28)20-7-5-13-25-22(20)30-19-6-4-12-24-14-19/h4-16H,1-3H3,(H,26,27). The zero-order valence-corrected chi connectivity index (χ0v) is 17.0. The third kappa shape index (κ3) is 5.41. The Morgan fingerprint density at radius 2 is 1.70 bits per heavy atom. The van der Waals surface area contributed by atoms with Gasteiger partial charge in [-0.3, -0.25) is 9.78 Å². The number of hydrogen-bond acceptors (Lipinski definition) is 6. The molecule has 1 amide bonds. The van der Waals surface area contributed by atoms with Crippen LogP contribution in [-0.4, -0.2) is 27.9 Å². The van der Waals surface area contributed by atoms with E-state index in [4.69, 9.17) is 9.47 Å². The first-order valence-electron chi connectivity index (χ1n) is 9.58. The molecule has 3 rings (SSSR count). The number of anilines is 1. The fourth-order valence-electron chi connectivity index (χ4n) is 2.62. The number of carbonyl (C=O) groups excluding carboxylic acids is 2. The number of amides is 1. The zero-order valence-electron chi connectivity index (χ0n) is 17.0. The summed E-state index contributed by atoms with van der Waals surface area (Å²) >= 11 is 0. The molecule has 0 saturated carbocycles. The molecule has 7 nitrogen and oxygen atoms in total. The van der Waals surface area contributed by atoms with Crippen LogP contribution in [0.4, 0.5) is 5.69 Å². The summed E-state index contributed by atoms with van der Waals surface area (Å²) in [4.78, 5) is 33.1. The highest BCUT2D eigenvalue weighted by atomic mass is 16.6. The van der Waals surface area contributed by atoms with Gasteiger partial charge in [-0.1, -0.05) is 26.0 Å². The number of carbonyl (C=O) groups is 2. The van der Waals surface area contributed by atoms with Gasteiger partial charge in [-0.15, -0.1) is 0 Å². The molecule has 0 saturated heterocycles. The van der Waals surface area contributed by atoms with Gasteiger partial charge in [0.05, 0.1) is 6.20 Å². The van der Waals surface area contributed by atoms with Gasteiger partial charge >= 0.3 is 5.97 Å². The SMILES string of the molecule is CC(OC(=O)c1cccnc1Oc1cccnc1)C(=O)Nc1ccc(C(C)C)cc1. The van der Waals surface area contributed by atoms with Crippen molar-refractivity contribution in [1.29, 1.82) is 0 Å². The summed E-state index contributed by atoms with van der Waals surface area (Å²) in [6.07, 6.45) is 3.61. The second-order valence-corrected chi connectivity index (χ2v) is 6.96. The minimum Gasteiger partial charge on any atom is -0.449 e. The summed E-state index contributed by atoms with van der Waals surface area (Å²) in [7, 11) is 0. The van der Waals surface area contributed by atoms with E-state index in [0.717, 1.165) is 0 Å². The molecule has 0 bridgehead atoms. The highest BCUT2D eigenvalue weighted by Crippen LogP contribution is 2.23. The summed E-state index contributed by atoms with van der Waals surface area (Å²) in [5.74, 6) is -0.232. The van der Waals surface area contributed by atoms with Crippen LogP contribution in [0.25, 0.3) is 0 Å². The van der Waals surface area contributed by atoms with Crippen molar-refractivity contribution < 1.29 is 19.1 Å². The molecule has 0 spiro atoms. The number of esters is 1. The molecule has 0 aliphatic rings. The van der Waals surface area contributed by atoms with E-state index in [0.29, 0.717) is 17.4 Å². The van der Waals surface area contributed by atoms with Gasteiger partial charge in [0.2, 0.25) is 5.88 Å². The van der Waals surface area contributed by atoms with Crippen LogP contribution >= 0.6 is 0 Å². The summed E-state index contributed by atoms with van der Waals surface area (Å²) in [6, 6.07) is 14.1. The Morgan fingerprint density at radius 1 is 0.967 bits per heavy atom. The van der Waals surface area contributed by atoms with Gasteiger partial charge < -0.3 is 14.8 Å². The van der Waals surface area contributed by atoms with Crippen molar-refractivity contribution in [3.05, 3.63) is 78.2 Å². The third-order valence-corrected chi connectivity index (χ3v) is 4.34. The molecule has 30 heavy (non-hydrogen) atoms. The van der Waals surface area contributed by atoms with Crippen LogP contribution in [0.2, 0.25) is 0 Å². The largest absolute Gasteiger partial charge is 0.449 e. The molecule has 0 radical (unpaired) electrons. The van der Waals surface area contributed by atoms with Gasteiger partial charge in [0.25, 0.3) is 5.91 Å². The van der Waals surface area contributed by atoms with E-state index in [9.17, 15) is 9.59 Å². The van der Waals surface area contributed by atoms with Crippen molar-refractivity contribution in [2.45, 2.75) is 32.8 Å². The number of hydrogen-bond donors (Lipinski definition) is 1. The first-order valence-corrected chi connectivity index (χ1v) is 9.58. The molecular formula is C23H23N3O4. The van der Waals surface area contributed by atoms with Crippen molar-refractivity contribution in [3.63, 3.8) is 0 Å². The van der Waals surface area contributed by atoms with Gasteiger partial charge in [-0.05, 0) is 54.8 Å². The Balaban J connectivity index is 1.64. The first-order chi connectivity index (χ1) is 14.4. The Morgan fingerprint density at radius 3 is 2.37 bits per heavy atom. The van der Waals surface area contributed by atoms with Gasteiger partial charge in [0, 0.05) is 18.1 Å². The fourth-order valence-corrected chi connectivity index (χ4v) is 2.62. The average molecular weight is 405 g/mol. The van der Waals surface area contributed by atoms with Gasteiger partial charge in [-0.25, -0.2) is 9.78 Å². The number of benzene rings is 1. The predicted molar refractivity (Wildman–Crippen MR) is 113 cm³/mol. The zero-order chi connectivity index (χ0) is 21.5. The molecule has 2 heterocycles. The van der Waals surface area contributed by atoms with Crippen LogP contribution in [0.15, 0.2) is 67.1 Å². The quantitative estimate of drug-likeness (QED) is 0.579. The van der Waals surface area contributed by atoms with Crippen molar-refractivity contribution in [1.82, 2.24) is 9.97 Å². The smallest absolute Gasteiger partial charge is 0.344 e. The highest BCUT2D eigenvalue weighted by molar-refractivity contribution is 5.98.